The Morgan fingerprint density at radius 1 is 1.38 bits per heavy atom. The van der Waals surface area contributed by atoms with Crippen molar-refractivity contribution in [2.24, 2.45) is 17.1 Å². The third-order valence-corrected chi connectivity index (χ3v) is 2.21. The molecule has 0 rings (SSSR count). The lowest BCUT2D eigenvalue weighted by atomic mass is 9.87. The second kappa shape index (κ2) is 6.86. The molecule has 0 aromatic rings. The van der Waals surface area contributed by atoms with Gasteiger partial charge in [-0.1, -0.05) is 34.6 Å². The number of carbonyl (C=O) groups is 1. The number of amides is 1. The van der Waals surface area contributed by atoms with E-state index in [0.717, 1.165) is 6.61 Å². The van der Waals surface area contributed by atoms with E-state index in [1.807, 2.05) is 20.8 Å². The molecule has 0 spiro atoms. The predicted octanol–water partition coefficient (Wildman–Crippen LogP) is 1.15. The summed E-state index contributed by atoms with van der Waals surface area (Å²) in [4.78, 5) is 11.6. The highest BCUT2D eigenvalue weighted by Crippen LogP contribution is 2.16. The third kappa shape index (κ3) is 6.80. The Kier molecular flexibility index (Phi) is 6.60. The van der Waals surface area contributed by atoms with E-state index in [4.69, 9.17) is 10.5 Å². The van der Waals surface area contributed by atoms with Crippen LogP contribution >= 0.6 is 0 Å². The molecule has 96 valence electrons. The van der Waals surface area contributed by atoms with Crippen LogP contribution in [0.3, 0.4) is 0 Å². The van der Waals surface area contributed by atoms with Crippen molar-refractivity contribution in [1.82, 2.24) is 5.32 Å². The zero-order valence-corrected chi connectivity index (χ0v) is 11.2. The van der Waals surface area contributed by atoms with E-state index in [9.17, 15) is 4.79 Å². The van der Waals surface area contributed by atoms with Crippen molar-refractivity contribution in [1.29, 1.82) is 0 Å². The second-order valence-electron chi connectivity index (χ2n) is 5.60. The van der Waals surface area contributed by atoms with Crippen LogP contribution in [-0.2, 0) is 9.53 Å². The van der Waals surface area contributed by atoms with E-state index < -0.39 is 6.04 Å². The highest BCUT2D eigenvalue weighted by atomic mass is 16.5. The zero-order chi connectivity index (χ0) is 12.8. The van der Waals surface area contributed by atoms with Gasteiger partial charge in [-0.15, -0.1) is 0 Å². The molecule has 4 nitrogen and oxygen atoms in total. The van der Waals surface area contributed by atoms with E-state index in [-0.39, 0.29) is 11.3 Å². The number of ether oxygens (including phenoxy) is 1. The summed E-state index contributed by atoms with van der Waals surface area (Å²) in [6.07, 6.45) is 0. The van der Waals surface area contributed by atoms with Crippen molar-refractivity contribution >= 4 is 5.91 Å². The molecule has 0 aliphatic carbocycles. The standard InChI is InChI=1S/C12H26N2O2/c1-9(2)8-16-7-6-14-11(15)10(13)12(3,4)5/h9-10H,6-8,13H2,1-5H3,(H,14,15)/t10-/m0/s1. The monoisotopic (exact) mass is 230 g/mol. The lowest BCUT2D eigenvalue weighted by molar-refractivity contribution is -0.124. The minimum absolute atomic E-state index is 0.111. The quantitative estimate of drug-likeness (QED) is 0.673. The van der Waals surface area contributed by atoms with Gasteiger partial charge in [-0.3, -0.25) is 4.79 Å². The molecule has 1 atom stereocenters. The highest BCUT2D eigenvalue weighted by molar-refractivity contribution is 5.82. The molecular weight excluding hydrogens is 204 g/mol. The molecule has 1 amide bonds. The number of hydrogen-bond donors (Lipinski definition) is 2. The molecule has 0 unspecified atom stereocenters. The van der Waals surface area contributed by atoms with Crippen molar-refractivity contribution in [3.05, 3.63) is 0 Å². The Morgan fingerprint density at radius 3 is 2.38 bits per heavy atom. The number of nitrogens with two attached hydrogens (primary N) is 1. The topological polar surface area (TPSA) is 64.3 Å². The van der Waals surface area contributed by atoms with Crippen LogP contribution in [0.2, 0.25) is 0 Å². The summed E-state index contributed by atoms with van der Waals surface area (Å²) in [6, 6.07) is -0.474. The Labute approximate surface area is 98.9 Å². The minimum atomic E-state index is -0.474. The molecule has 0 aromatic heterocycles. The molecular formula is C12H26N2O2. The van der Waals surface area contributed by atoms with Gasteiger partial charge in [0.2, 0.25) is 5.91 Å². The van der Waals surface area contributed by atoms with Gasteiger partial charge in [0.1, 0.15) is 0 Å². The SMILES string of the molecule is CC(C)COCCNC(=O)[C@H](N)C(C)(C)C. The maximum absolute atomic E-state index is 11.6. The summed E-state index contributed by atoms with van der Waals surface area (Å²) >= 11 is 0. The molecule has 0 saturated carbocycles. The molecule has 0 fully saturated rings. The van der Waals surface area contributed by atoms with Crippen LogP contribution in [0.15, 0.2) is 0 Å². The largest absolute Gasteiger partial charge is 0.379 e. The van der Waals surface area contributed by atoms with Gasteiger partial charge in [0.15, 0.2) is 0 Å². The van der Waals surface area contributed by atoms with Crippen molar-refractivity contribution in [3.8, 4) is 0 Å². The predicted molar refractivity (Wildman–Crippen MR) is 66.1 cm³/mol. The Balaban J connectivity index is 3.66. The van der Waals surface area contributed by atoms with Gasteiger partial charge in [-0.2, -0.15) is 0 Å². The molecule has 0 saturated heterocycles. The van der Waals surface area contributed by atoms with E-state index in [0.29, 0.717) is 19.1 Å². The molecule has 3 N–H and O–H groups in total. The third-order valence-electron chi connectivity index (χ3n) is 2.21. The van der Waals surface area contributed by atoms with E-state index in [1.54, 1.807) is 0 Å². The van der Waals surface area contributed by atoms with Crippen molar-refractivity contribution < 1.29 is 9.53 Å². The molecule has 4 heteroatoms. The minimum Gasteiger partial charge on any atom is -0.379 e. The molecule has 0 bridgehead atoms. The highest BCUT2D eigenvalue weighted by Gasteiger charge is 2.26. The second-order valence-corrected chi connectivity index (χ2v) is 5.60. The van der Waals surface area contributed by atoms with Crippen molar-refractivity contribution in [2.75, 3.05) is 19.8 Å². The number of hydrogen-bond acceptors (Lipinski definition) is 3. The smallest absolute Gasteiger partial charge is 0.237 e. The van der Waals surface area contributed by atoms with Crippen LogP contribution < -0.4 is 11.1 Å². The number of rotatable bonds is 6. The molecule has 0 aliphatic heterocycles. The van der Waals surface area contributed by atoms with Crippen LogP contribution in [0.25, 0.3) is 0 Å². The van der Waals surface area contributed by atoms with E-state index in [2.05, 4.69) is 19.2 Å². The fraction of sp³-hybridized carbons (Fsp3) is 0.917. The van der Waals surface area contributed by atoms with E-state index in [1.165, 1.54) is 0 Å². The first-order valence-electron chi connectivity index (χ1n) is 5.86. The van der Waals surface area contributed by atoms with Crippen LogP contribution in [-0.4, -0.2) is 31.7 Å². The summed E-state index contributed by atoms with van der Waals surface area (Å²) < 4.78 is 5.36. The van der Waals surface area contributed by atoms with Crippen molar-refractivity contribution in [2.45, 2.75) is 40.7 Å². The summed E-state index contributed by atoms with van der Waals surface area (Å²) in [7, 11) is 0. The van der Waals surface area contributed by atoms with Gasteiger partial charge >= 0.3 is 0 Å². The summed E-state index contributed by atoms with van der Waals surface area (Å²) in [5.41, 5.74) is 5.60. The first kappa shape index (κ1) is 15.4. The average Bonchev–Trinajstić information content (AvgIpc) is 2.13. The molecule has 0 aromatic carbocycles. The first-order chi connectivity index (χ1) is 7.25. The first-order valence-corrected chi connectivity index (χ1v) is 5.86. The van der Waals surface area contributed by atoms with Gasteiger partial charge in [-0.25, -0.2) is 0 Å². The van der Waals surface area contributed by atoms with Crippen molar-refractivity contribution in [3.63, 3.8) is 0 Å². The maximum atomic E-state index is 11.6. The number of nitrogens with one attached hydrogen (secondary N) is 1. The Bertz CT molecular complexity index is 210. The van der Waals surface area contributed by atoms with Gasteiger partial charge < -0.3 is 15.8 Å². The van der Waals surface area contributed by atoms with Crippen LogP contribution in [0, 0.1) is 11.3 Å². The lowest BCUT2D eigenvalue weighted by Crippen LogP contribution is -2.49. The summed E-state index contributed by atoms with van der Waals surface area (Å²) in [6.45, 7) is 11.8. The normalized spacial score (nSPS) is 13.9. The lowest BCUT2D eigenvalue weighted by Gasteiger charge is -2.25. The zero-order valence-electron chi connectivity index (χ0n) is 11.2. The molecule has 0 radical (unpaired) electrons. The average molecular weight is 230 g/mol. The van der Waals surface area contributed by atoms with Gasteiger partial charge in [0.05, 0.1) is 12.6 Å². The van der Waals surface area contributed by atoms with E-state index >= 15 is 0 Å². The number of carbonyl (C=O) groups excluding carboxylic acids is 1. The van der Waals surface area contributed by atoms with Gasteiger partial charge in [0.25, 0.3) is 0 Å². The molecule has 0 aliphatic rings. The Hall–Kier alpha value is -0.610. The summed E-state index contributed by atoms with van der Waals surface area (Å²) in [5.74, 6) is 0.410. The fourth-order valence-electron chi connectivity index (χ4n) is 1.07. The fourth-order valence-corrected chi connectivity index (χ4v) is 1.07. The maximum Gasteiger partial charge on any atom is 0.237 e. The molecule has 16 heavy (non-hydrogen) atoms. The summed E-state index contributed by atoms with van der Waals surface area (Å²) in [5, 5.41) is 2.77. The van der Waals surface area contributed by atoms with Crippen LogP contribution in [0.4, 0.5) is 0 Å². The van der Waals surface area contributed by atoms with Crippen LogP contribution in [0.5, 0.6) is 0 Å². The Morgan fingerprint density at radius 2 is 1.94 bits per heavy atom. The van der Waals surface area contributed by atoms with Gasteiger partial charge in [0, 0.05) is 13.2 Å². The van der Waals surface area contributed by atoms with Gasteiger partial charge in [-0.05, 0) is 11.3 Å². The van der Waals surface area contributed by atoms with Crippen LogP contribution in [0.1, 0.15) is 34.6 Å². The molecule has 0 heterocycles.